The van der Waals surface area contributed by atoms with Gasteiger partial charge in [0.1, 0.15) is 5.70 Å². The molecule has 0 N–H and O–H groups in total. The van der Waals surface area contributed by atoms with E-state index in [0.717, 1.165) is 18.6 Å². The Labute approximate surface area is 147 Å². The first-order valence-corrected chi connectivity index (χ1v) is 8.58. The Bertz CT molecular complexity index is 735. The molecule has 1 aliphatic heterocycles. The summed E-state index contributed by atoms with van der Waals surface area (Å²) in [7, 11) is 0. The molecular formula is C18H23N5O2. The molecule has 2 heterocycles. The van der Waals surface area contributed by atoms with Crippen molar-refractivity contribution in [2.75, 3.05) is 26.3 Å². The number of aromatic nitrogens is 4. The topological polar surface area (TPSA) is 73.1 Å². The number of amides is 1. The number of likely N-dealkylation sites (N-methyl/N-ethyl adjacent to an activating group) is 1. The largest absolute Gasteiger partial charge is 0.381 e. The molecule has 1 amide bonds. The van der Waals surface area contributed by atoms with Crippen molar-refractivity contribution in [1.29, 1.82) is 0 Å². The van der Waals surface area contributed by atoms with Gasteiger partial charge in [-0.05, 0) is 42.3 Å². The van der Waals surface area contributed by atoms with E-state index in [0.29, 0.717) is 37.1 Å². The maximum Gasteiger partial charge on any atom is 0.272 e. The van der Waals surface area contributed by atoms with Crippen LogP contribution in [0, 0.1) is 12.8 Å². The lowest BCUT2D eigenvalue weighted by atomic mass is 10.1. The molecule has 0 bridgehead atoms. The highest BCUT2D eigenvalue weighted by molar-refractivity contribution is 6.18. The van der Waals surface area contributed by atoms with Crippen LogP contribution in [-0.4, -0.2) is 57.3 Å². The highest BCUT2D eigenvalue weighted by atomic mass is 16.5. The molecule has 2 aromatic rings. The highest BCUT2D eigenvalue weighted by Gasteiger charge is 2.25. The number of ether oxygens (including phenoxy) is 1. The lowest BCUT2D eigenvalue weighted by molar-refractivity contribution is -0.125. The molecule has 0 saturated carbocycles. The smallest absolute Gasteiger partial charge is 0.272 e. The first-order chi connectivity index (χ1) is 12.2. The molecule has 1 fully saturated rings. The number of aryl methyl sites for hydroxylation is 1. The van der Waals surface area contributed by atoms with Crippen LogP contribution in [0.25, 0.3) is 11.8 Å². The number of carbonyl (C=O) groups excluding carboxylic acids is 1. The summed E-state index contributed by atoms with van der Waals surface area (Å²) in [6.07, 6.45) is 2.82. The summed E-state index contributed by atoms with van der Waals surface area (Å²) in [5.41, 5.74) is 1.38. The van der Waals surface area contributed by atoms with Gasteiger partial charge in [-0.15, -0.1) is 5.10 Å². The standard InChI is InChI=1S/C18H23N5O2/c1-3-22(12-16-9-10-25-13-16)18(24)17(23-14(2)19-20-21-23)11-15-7-5-4-6-8-15/h4-8,11,16H,3,9-10,12-13H2,1-2H3. The highest BCUT2D eigenvalue weighted by Crippen LogP contribution is 2.19. The van der Waals surface area contributed by atoms with E-state index in [9.17, 15) is 4.79 Å². The monoisotopic (exact) mass is 341 g/mol. The van der Waals surface area contributed by atoms with Crippen molar-refractivity contribution in [3.63, 3.8) is 0 Å². The number of rotatable bonds is 6. The summed E-state index contributed by atoms with van der Waals surface area (Å²) in [6, 6.07) is 9.73. The van der Waals surface area contributed by atoms with Crippen molar-refractivity contribution in [2.45, 2.75) is 20.3 Å². The number of nitrogens with zero attached hydrogens (tertiary/aromatic N) is 5. The van der Waals surface area contributed by atoms with E-state index in [2.05, 4.69) is 15.5 Å². The first-order valence-electron chi connectivity index (χ1n) is 8.58. The predicted octanol–water partition coefficient (Wildman–Crippen LogP) is 1.86. The van der Waals surface area contributed by atoms with E-state index in [1.807, 2.05) is 48.2 Å². The fourth-order valence-corrected chi connectivity index (χ4v) is 2.93. The van der Waals surface area contributed by atoms with Gasteiger partial charge < -0.3 is 9.64 Å². The number of carbonyl (C=O) groups is 1. The molecule has 7 nitrogen and oxygen atoms in total. The van der Waals surface area contributed by atoms with Crippen LogP contribution in [0.15, 0.2) is 30.3 Å². The quantitative estimate of drug-likeness (QED) is 0.750. The Morgan fingerprint density at radius 1 is 1.40 bits per heavy atom. The lowest BCUT2D eigenvalue weighted by Gasteiger charge is -2.25. The zero-order chi connectivity index (χ0) is 17.6. The van der Waals surface area contributed by atoms with Gasteiger partial charge >= 0.3 is 0 Å². The summed E-state index contributed by atoms with van der Waals surface area (Å²) in [6.45, 7) is 6.57. The summed E-state index contributed by atoms with van der Waals surface area (Å²) in [5, 5.41) is 11.6. The van der Waals surface area contributed by atoms with Crippen LogP contribution < -0.4 is 0 Å². The molecule has 1 aromatic carbocycles. The molecule has 7 heteroatoms. The van der Waals surface area contributed by atoms with Crippen LogP contribution in [0.2, 0.25) is 0 Å². The van der Waals surface area contributed by atoms with Gasteiger partial charge in [-0.25, -0.2) is 0 Å². The molecule has 0 spiro atoms. The third kappa shape index (κ3) is 4.11. The summed E-state index contributed by atoms with van der Waals surface area (Å²) >= 11 is 0. The Morgan fingerprint density at radius 2 is 2.20 bits per heavy atom. The molecule has 25 heavy (non-hydrogen) atoms. The molecule has 132 valence electrons. The van der Waals surface area contributed by atoms with E-state index >= 15 is 0 Å². The van der Waals surface area contributed by atoms with Crippen molar-refractivity contribution in [3.05, 3.63) is 41.7 Å². The summed E-state index contributed by atoms with van der Waals surface area (Å²) in [4.78, 5) is 15.1. The summed E-state index contributed by atoms with van der Waals surface area (Å²) < 4.78 is 6.94. The second-order valence-corrected chi connectivity index (χ2v) is 6.15. The second kappa shape index (κ2) is 8.02. The van der Waals surface area contributed by atoms with Crippen LogP contribution in [0.3, 0.4) is 0 Å². The van der Waals surface area contributed by atoms with Crippen LogP contribution in [-0.2, 0) is 9.53 Å². The van der Waals surface area contributed by atoms with E-state index < -0.39 is 0 Å². The molecule has 3 rings (SSSR count). The predicted molar refractivity (Wildman–Crippen MR) is 94.3 cm³/mol. The number of benzene rings is 1. The van der Waals surface area contributed by atoms with Crippen molar-refractivity contribution in [1.82, 2.24) is 25.1 Å². The summed E-state index contributed by atoms with van der Waals surface area (Å²) in [5.74, 6) is 0.890. The Morgan fingerprint density at radius 3 is 2.80 bits per heavy atom. The number of hydrogen-bond acceptors (Lipinski definition) is 5. The van der Waals surface area contributed by atoms with Crippen molar-refractivity contribution < 1.29 is 9.53 Å². The molecule has 0 aliphatic carbocycles. The lowest BCUT2D eigenvalue weighted by Crippen LogP contribution is -2.37. The zero-order valence-electron chi connectivity index (χ0n) is 14.6. The Kier molecular flexibility index (Phi) is 5.55. The molecule has 0 radical (unpaired) electrons. The Balaban J connectivity index is 1.91. The van der Waals surface area contributed by atoms with Gasteiger partial charge in [0.2, 0.25) is 0 Å². The van der Waals surface area contributed by atoms with Crippen molar-refractivity contribution in [3.8, 4) is 0 Å². The molecular weight excluding hydrogens is 318 g/mol. The fourth-order valence-electron chi connectivity index (χ4n) is 2.93. The van der Waals surface area contributed by atoms with E-state index in [-0.39, 0.29) is 5.91 Å². The van der Waals surface area contributed by atoms with Gasteiger partial charge in [-0.2, -0.15) is 4.68 Å². The van der Waals surface area contributed by atoms with Gasteiger partial charge in [-0.3, -0.25) is 4.79 Å². The van der Waals surface area contributed by atoms with Crippen LogP contribution in [0.5, 0.6) is 0 Å². The van der Waals surface area contributed by atoms with Crippen LogP contribution in [0.4, 0.5) is 0 Å². The molecule has 1 aromatic heterocycles. The maximum absolute atomic E-state index is 13.2. The minimum atomic E-state index is -0.0753. The number of hydrogen-bond donors (Lipinski definition) is 0. The third-order valence-corrected chi connectivity index (χ3v) is 4.35. The van der Waals surface area contributed by atoms with Gasteiger partial charge in [0.25, 0.3) is 5.91 Å². The SMILES string of the molecule is CCN(CC1CCOC1)C(=O)C(=Cc1ccccc1)n1nnnc1C. The average molecular weight is 341 g/mol. The van der Waals surface area contributed by atoms with E-state index in [1.165, 1.54) is 4.68 Å². The van der Waals surface area contributed by atoms with E-state index in [1.54, 1.807) is 6.92 Å². The third-order valence-electron chi connectivity index (χ3n) is 4.35. The van der Waals surface area contributed by atoms with Gasteiger partial charge in [0.05, 0.1) is 6.61 Å². The van der Waals surface area contributed by atoms with Gasteiger partial charge in [-0.1, -0.05) is 30.3 Å². The van der Waals surface area contributed by atoms with E-state index in [4.69, 9.17) is 4.74 Å². The molecule has 1 aliphatic rings. The van der Waals surface area contributed by atoms with Crippen LogP contribution >= 0.6 is 0 Å². The molecule has 1 atom stereocenters. The molecule has 1 saturated heterocycles. The van der Waals surface area contributed by atoms with Crippen LogP contribution in [0.1, 0.15) is 24.7 Å². The average Bonchev–Trinajstić information content (AvgIpc) is 3.29. The second-order valence-electron chi connectivity index (χ2n) is 6.15. The minimum Gasteiger partial charge on any atom is -0.381 e. The fraction of sp³-hybridized carbons (Fsp3) is 0.444. The minimum absolute atomic E-state index is 0.0753. The van der Waals surface area contributed by atoms with Crippen molar-refractivity contribution >= 4 is 17.7 Å². The van der Waals surface area contributed by atoms with Gasteiger partial charge in [0, 0.05) is 25.6 Å². The Hall–Kier alpha value is -2.54. The number of tetrazole rings is 1. The maximum atomic E-state index is 13.2. The molecule has 1 unspecified atom stereocenters. The van der Waals surface area contributed by atoms with Crippen molar-refractivity contribution in [2.24, 2.45) is 5.92 Å². The normalized spacial score (nSPS) is 17.7. The zero-order valence-corrected chi connectivity index (χ0v) is 14.6. The first kappa shape index (κ1) is 17.3. The van der Waals surface area contributed by atoms with Gasteiger partial charge in [0.15, 0.2) is 5.82 Å².